The molecule has 5 rings (SSSR count). The Kier molecular flexibility index (Phi) is 4.77. The predicted molar refractivity (Wildman–Crippen MR) is 124 cm³/mol. The fourth-order valence-corrected chi connectivity index (χ4v) is 3.92. The lowest BCUT2D eigenvalue weighted by Gasteiger charge is -2.09. The quantitative estimate of drug-likeness (QED) is 0.421. The van der Waals surface area contributed by atoms with Crippen molar-refractivity contribution in [3.05, 3.63) is 76.3 Å². The number of hydrogen-bond acceptors (Lipinski definition) is 4. The van der Waals surface area contributed by atoms with Crippen molar-refractivity contribution in [1.82, 2.24) is 24.1 Å². The molecule has 156 valence electrons. The van der Waals surface area contributed by atoms with Crippen LogP contribution in [0.25, 0.3) is 33.2 Å². The van der Waals surface area contributed by atoms with Crippen molar-refractivity contribution in [3.63, 3.8) is 0 Å². The first-order chi connectivity index (χ1) is 15.0. The number of benzene rings is 2. The van der Waals surface area contributed by atoms with Crippen molar-refractivity contribution < 1.29 is 0 Å². The van der Waals surface area contributed by atoms with Gasteiger partial charge in [0.05, 0.1) is 23.9 Å². The maximum Gasteiger partial charge on any atom is 0.265 e. The molecule has 0 fully saturated rings. The average Bonchev–Trinajstić information content (AvgIpc) is 3.06. The van der Waals surface area contributed by atoms with Gasteiger partial charge in [-0.1, -0.05) is 55.8 Å². The second-order valence-electron chi connectivity index (χ2n) is 8.58. The molecule has 5 aromatic rings. The molecule has 0 atom stereocenters. The maximum atomic E-state index is 13.4. The summed E-state index contributed by atoms with van der Waals surface area (Å²) >= 11 is 0. The van der Waals surface area contributed by atoms with Crippen LogP contribution in [0.15, 0.2) is 59.7 Å². The number of aryl methyl sites for hydroxylation is 2. The van der Waals surface area contributed by atoms with E-state index in [4.69, 9.17) is 15.0 Å². The lowest BCUT2D eigenvalue weighted by molar-refractivity contribution is 0.506. The van der Waals surface area contributed by atoms with Gasteiger partial charge >= 0.3 is 0 Å². The molecule has 0 aliphatic heterocycles. The molecule has 0 amide bonds. The van der Waals surface area contributed by atoms with Gasteiger partial charge in [-0.2, -0.15) is 0 Å². The molecule has 2 aromatic carbocycles. The normalized spacial score (nSPS) is 11.9. The SMILES string of the molecule is Cc1ccc(Cn2c3nc4ccccc4nc3c3c(=O)n(CCC(C)C)cnc32)cc1. The summed E-state index contributed by atoms with van der Waals surface area (Å²) in [4.78, 5) is 27.9. The predicted octanol–water partition coefficient (Wildman–Crippen LogP) is 4.70. The molecule has 0 saturated carbocycles. The van der Waals surface area contributed by atoms with Crippen molar-refractivity contribution in [2.75, 3.05) is 0 Å². The highest BCUT2D eigenvalue weighted by atomic mass is 16.1. The Hall–Kier alpha value is -3.54. The van der Waals surface area contributed by atoms with Gasteiger partial charge in [0.25, 0.3) is 5.56 Å². The van der Waals surface area contributed by atoms with Crippen LogP contribution < -0.4 is 5.56 Å². The van der Waals surface area contributed by atoms with Gasteiger partial charge in [0.2, 0.25) is 0 Å². The molecule has 31 heavy (non-hydrogen) atoms. The first-order valence-electron chi connectivity index (χ1n) is 10.7. The highest BCUT2D eigenvalue weighted by molar-refractivity contribution is 6.04. The van der Waals surface area contributed by atoms with Crippen LogP contribution in [-0.4, -0.2) is 24.1 Å². The monoisotopic (exact) mass is 411 g/mol. The van der Waals surface area contributed by atoms with Crippen LogP contribution in [0.2, 0.25) is 0 Å². The van der Waals surface area contributed by atoms with E-state index in [0.717, 1.165) is 23.0 Å². The Balaban J connectivity index is 1.78. The third-order valence-electron chi connectivity index (χ3n) is 5.73. The van der Waals surface area contributed by atoms with Gasteiger partial charge in [-0.3, -0.25) is 9.36 Å². The van der Waals surface area contributed by atoms with Crippen LogP contribution in [0.4, 0.5) is 0 Å². The Bertz CT molecular complexity index is 1460. The van der Waals surface area contributed by atoms with Crippen LogP contribution in [0.1, 0.15) is 31.4 Å². The van der Waals surface area contributed by atoms with Crippen molar-refractivity contribution in [3.8, 4) is 0 Å². The molecule has 0 radical (unpaired) electrons. The molecule has 6 nitrogen and oxygen atoms in total. The van der Waals surface area contributed by atoms with Gasteiger partial charge in [0.15, 0.2) is 11.3 Å². The number of aromatic nitrogens is 5. The molecule has 0 saturated heterocycles. The van der Waals surface area contributed by atoms with E-state index in [1.807, 2.05) is 28.8 Å². The molecule has 0 bridgehead atoms. The average molecular weight is 412 g/mol. The molecule has 3 heterocycles. The summed E-state index contributed by atoms with van der Waals surface area (Å²) < 4.78 is 3.72. The van der Waals surface area contributed by atoms with Gasteiger partial charge in [-0.15, -0.1) is 0 Å². The van der Waals surface area contributed by atoms with Crippen molar-refractivity contribution >= 4 is 33.2 Å². The Morgan fingerprint density at radius 2 is 1.65 bits per heavy atom. The number of nitrogens with zero attached hydrogens (tertiary/aromatic N) is 5. The minimum atomic E-state index is -0.0529. The summed E-state index contributed by atoms with van der Waals surface area (Å²) in [6.07, 6.45) is 2.58. The van der Waals surface area contributed by atoms with Crippen LogP contribution in [0.3, 0.4) is 0 Å². The molecule has 0 unspecified atom stereocenters. The molecule has 3 aromatic heterocycles. The highest BCUT2D eigenvalue weighted by Gasteiger charge is 2.20. The van der Waals surface area contributed by atoms with Crippen molar-refractivity contribution in [1.29, 1.82) is 0 Å². The molecule has 0 N–H and O–H groups in total. The fraction of sp³-hybridized carbons (Fsp3) is 0.280. The van der Waals surface area contributed by atoms with E-state index in [9.17, 15) is 4.79 Å². The maximum absolute atomic E-state index is 13.4. The molecule has 0 aliphatic carbocycles. The van der Waals surface area contributed by atoms with E-state index in [1.54, 1.807) is 10.9 Å². The molecular formula is C25H25N5O. The van der Waals surface area contributed by atoms with Gasteiger partial charge in [-0.05, 0) is 37.0 Å². The summed E-state index contributed by atoms with van der Waals surface area (Å²) in [6, 6.07) is 16.2. The zero-order valence-electron chi connectivity index (χ0n) is 18.0. The summed E-state index contributed by atoms with van der Waals surface area (Å²) in [7, 11) is 0. The Morgan fingerprint density at radius 3 is 2.35 bits per heavy atom. The fourth-order valence-electron chi connectivity index (χ4n) is 3.92. The zero-order valence-corrected chi connectivity index (χ0v) is 18.0. The number of fused-ring (bicyclic) bond motifs is 4. The lowest BCUT2D eigenvalue weighted by Crippen LogP contribution is -2.21. The first kappa shape index (κ1) is 19.4. The summed E-state index contributed by atoms with van der Waals surface area (Å²) in [5, 5.41) is 0.548. The number of para-hydroxylation sites is 2. The number of rotatable bonds is 5. The molecule has 0 aliphatic rings. The van der Waals surface area contributed by atoms with Crippen LogP contribution in [0, 0.1) is 12.8 Å². The topological polar surface area (TPSA) is 65.6 Å². The van der Waals surface area contributed by atoms with E-state index in [-0.39, 0.29) is 5.56 Å². The summed E-state index contributed by atoms with van der Waals surface area (Å²) in [5.74, 6) is 0.509. The molecule has 0 spiro atoms. The minimum Gasteiger partial charge on any atom is -0.304 e. The highest BCUT2D eigenvalue weighted by Crippen LogP contribution is 2.26. The van der Waals surface area contributed by atoms with E-state index in [1.165, 1.54) is 5.56 Å². The third-order valence-corrected chi connectivity index (χ3v) is 5.73. The Labute approximate surface area is 180 Å². The molecule has 6 heteroatoms. The van der Waals surface area contributed by atoms with Crippen molar-refractivity contribution in [2.24, 2.45) is 5.92 Å². The van der Waals surface area contributed by atoms with E-state index >= 15 is 0 Å². The van der Waals surface area contributed by atoms with E-state index in [0.29, 0.717) is 41.2 Å². The standard InChI is InChI=1S/C25H25N5O/c1-16(2)12-13-29-15-26-23-21(25(29)31)22-24(28-20-7-5-4-6-19(20)27-22)30(23)14-18-10-8-17(3)9-11-18/h4-11,15-16H,12-14H2,1-3H3. The van der Waals surface area contributed by atoms with Crippen LogP contribution in [-0.2, 0) is 13.1 Å². The first-order valence-corrected chi connectivity index (χ1v) is 10.7. The Morgan fingerprint density at radius 1 is 0.935 bits per heavy atom. The second-order valence-corrected chi connectivity index (χ2v) is 8.58. The van der Waals surface area contributed by atoms with Gasteiger partial charge in [0.1, 0.15) is 10.9 Å². The van der Waals surface area contributed by atoms with E-state index < -0.39 is 0 Å². The van der Waals surface area contributed by atoms with Gasteiger partial charge in [0, 0.05) is 6.54 Å². The van der Waals surface area contributed by atoms with Crippen LogP contribution in [0.5, 0.6) is 0 Å². The largest absolute Gasteiger partial charge is 0.304 e. The summed E-state index contributed by atoms with van der Waals surface area (Å²) in [5.41, 5.74) is 5.83. The summed E-state index contributed by atoms with van der Waals surface area (Å²) in [6.45, 7) is 7.61. The van der Waals surface area contributed by atoms with Gasteiger partial charge in [-0.25, -0.2) is 15.0 Å². The van der Waals surface area contributed by atoms with Crippen molar-refractivity contribution in [2.45, 2.75) is 40.3 Å². The number of hydrogen-bond donors (Lipinski definition) is 0. The molecular weight excluding hydrogens is 386 g/mol. The third kappa shape index (κ3) is 3.48. The van der Waals surface area contributed by atoms with E-state index in [2.05, 4.69) is 45.0 Å². The minimum absolute atomic E-state index is 0.0529. The lowest BCUT2D eigenvalue weighted by atomic mass is 10.1. The van der Waals surface area contributed by atoms with Gasteiger partial charge < -0.3 is 4.57 Å². The smallest absolute Gasteiger partial charge is 0.265 e. The van der Waals surface area contributed by atoms with Crippen LogP contribution >= 0.6 is 0 Å². The zero-order chi connectivity index (χ0) is 21.5. The second kappa shape index (κ2) is 7.61.